The second-order valence-corrected chi connectivity index (χ2v) is 27.8. The average molecular weight is 417 g/mol. The maximum absolute atomic E-state index is 2.50. The van der Waals surface area contributed by atoms with Crippen molar-refractivity contribution in [2.45, 2.75) is 47.3 Å². The van der Waals surface area contributed by atoms with Gasteiger partial charge in [0.25, 0.3) is 0 Å². The van der Waals surface area contributed by atoms with Crippen molar-refractivity contribution in [3.8, 4) is 11.1 Å². The van der Waals surface area contributed by atoms with Crippen molar-refractivity contribution in [1.82, 2.24) is 0 Å². The van der Waals surface area contributed by atoms with Gasteiger partial charge in [0, 0.05) is 0 Å². The van der Waals surface area contributed by atoms with Gasteiger partial charge in [-0.3, -0.25) is 0 Å². The van der Waals surface area contributed by atoms with Crippen molar-refractivity contribution in [2.24, 2.45) is 0 Å². The molecule has 0 bridgehead atoms. The average Bonchev–Trinajstić information content (AvgIpc) is 2.46. The fourth-order valence-electron chi connectivity index (χ4n) is 2.81. The Morgan fingerprint density at radius 2 is 1.50 bits per heavy atom. The zero-order chi connectivity index (χ0) is 16.5. The third-order valence-electron chi connectivity index (χ3n) is 5.10. The van der Waals surface area contributed by atoms with Crippen LogP contribution in [-0.2, 0) is 0 Å². The Morgan fingerprint density at radius 3 is 2.09 bits per heavy atom. The molecule has 0 fully saturated rings. The van der Waals surface area contributed by atoms with Gasteiger partial charge >= 0.3 is 142 Å². The molecule has 0 unspecified atom stereocenters. The predicted octanol–water partition coefficient (Wildman–Crippen LogP) is 5.22. The first-order valence-corrected chi connectivity index (χ1v) is 21.4. The van der Waals surface area contributed by atoms with Crippen LogP contribution in [0.3, 0.4) is 0 Å². The first-order valence-electron chi connectivity index (χ1n) is 8.34. The molecule has 0 atom stereocenters. The first kappa shape index (κ1) is 17.8. The van der Waals surface area contributed by atoms with E-state index in [0.717, 1.165) is 5.54 Å². The summed E-state index contributed by atoms with van der Waals surface area (Å²) in [5, 5.41) is 1.58. The summed E-state index contributed by atoms with van der Waals surface area (Å²) in [6.07, 6.45) is 0. The molecule has 22 heavy (non-hydrogen) atoms. The summed E-state index contributed by atoms with van der Waals surface area (Å²) in [4.78, 5) is 7.51. The molecule has 0 spiro atoms. The van der Waals surface area contributed by atoms with Crippen LogP contribution in [0.25, 0.3) is 11.1 Å². The van der Waals surface area contributed by atoms with Gasteiger partial charge in [0.15, 0.2) is 0 Å². The molecule has 0 saturated heterocycles. The molecule has 2 rings (SSSR count). The van der Waals surface area contributed by atoms with E-state index in [2.05, 4.69) is 90.3 Å². The van der Waals surface area contributed by atoms with Crippen LogP contribution < -0.4 is 8.77 Å². The molecule has 0 nitrogen and oxygen atoms in total. The van der Waals surface area contributed by atoms with E-state index in [9.17, 15) is 0 Å². The van der Waals surface area contributed by atoms with Gasteiger partial charge in [0.05, 0.1) is 0 Å². The zero-order valence-corrected chi connectivity index (χ0v) is 19.1. The van der Waals surface area contributed by atoms with Gasteiger partial charge in [-0.2, -0.15) is 0 Å². The van der Waals surface area contributed by atoms with E-state index < -0.39 is 26.5 Å². The summed E-state index contributed by atoms with van der Waals surface area (Å²) in [5.74, 6) is 0. The molecular weight excluding hydrogens is 387 g/mol. The minimum absolute atomic E-state index is 0.764. The van der Waals surface area contributed by atoms with Crippen LogP contribution in [-0.4, -0.2) is 26.5 Å². The fraction of sp³-hybridized carbons (Fsp3) is 0.400. The molecule has 0 aliphatic heterocycles. The van der Waals surface area contributed by atoms with Crippen LogP contribution in [0.15, 0.2) is 48.5 Å². The normalized spacial score (nSPS) is 12.7. The Labute approximate surface area is 141 Å². The Balaban J connectivity index is 2.57. The molecule has 0 radical (unpaired) electrons. The molecule has 0 heterocycles. The van der Waals surface area contributed by atoms with Crippen LogP contribution in [0.2, 0.25) is 33.5 Å². The van der Waals surface area contributed by atoms with Gasteiger partial charge in [-0.1, -0.05) is 0 Å². The summed E-state index contributed by atoms with van der Waals surface area (Å²) in [6, 6.07) is 18.5. The number of hydrogen-bond acceptors (Lipinski definition) is 0. The second-order valence-electron chi connectivity index (χ2n) is 8.25. The van der Waals surface area contributed by atoms with Gasteiger partial charge in [-0.25, -0.2) is 0 Å². The molecule has 0 aliphatic rings. The Kier molecular flexibility index (Phi) is 5.28. The van der Waals surface area contributed by atoms with Crippen molar-refractivity contribution >= 4 is 35.2 Å². The Bertz CT molecular complexity index is 651. The van der Waals surface area contributed by atoms with E-state index in [0.29, 0.717) is 0 Å². The van der Waals surface area contributed by atoms with Crippen molar-refractivity contribution in [3.63, 3.8) is 0 Å². The van der Waals surface area contributed by atoms with Crippen LogP contribution >= 0.6 is 0 Å². The maximum atomic E-state index is 2.50. The van der Waals surface area contributed by atoms with Crippen LogP contribution in [0.4, 0.5) is 0 Å². The quantitative estimate of drug-likeness (QED) is 0.599. The van der Waals surface area contributed by atoms with E-state index >= 15 is 0 Å². The summed E-state index contributed by atoms with van der Waals surface area (Å²) in [5.41, 5.74) is 3.65. The predicted molar refractivity (Wildman–Crippen MR) is 107 cm³/mol. The first-order chi connectivity index (χ1) is 10.1. The van der Waals surface area contributed by atoms with Gasteiger partial charge in [-0.05, 0) is 0 Å². The molecule has 2 aromatic rings. The van der Waals surface area contributed by atoms with Crippen LogP contribution in [0.5, 0.6) is 0 Å². The summed E-state index contributed by atoms with van der Waals surface area (Å²) >= 11 is -2.10. The van der Waals surface area contributed by atoms with E-state index in [1.54, 1.807) is 8.77 Å². The van der Waals surface area contributed by atoms with Crippen LogP contribution in [0.1, 0.15) is 13.8 Å². The monoisotopic (exact) mass is 418 g/mol. The van der Waals surface area contributed by atoms with Crippen molar-refractivity contribution in [3.05, 3.63) is 48.5 Å². The second kappa shape index (κ2) is 6.52. The molecule has 0 saturated carbocycles. The van der Waals surface area contributed by atoms with E-state index in [1.807, 2.05) is 0 Å². The van der Waals surface area contributed by atoms with Gasteiger partial charge < -0.3 is 0 Å². The van der Waals surface area contributed by atoms with E-state index in [-0.39, 0.29) is 0 Å². The molecule has 0 aromatic heterocycles. The number of benzene rings is 2. The van der Waals surface area contributed by atoms with Crippen molar-refractivity contribution in [1.29, 1.82) is 0 Å². The molecule has 0 aliphatic carbocycles. The van der Waals surface area contributed by atoms with Crippen molar-refractivity contribution < 1.29 is 0 Å². The Hall–Kier alpha value is -0.544. The number of rotatable bonds is 4. The summed E-state index contributed by atoms with van der Waals surface area (Å²) in [7, 11) is -1.37. The molecule has 0 amide bonds. The summed E-state index contributed by atoms with van der Waals surface area (Å²) < 4.78 is 1.64. The molecule has 118 valence electrons. The molecule has 0 N–H and O–H groups in total. The van der Waals surface area contributed by atoms with E-state index in [4.69, 9.17) is 0 Å². The summed E-state index contributed by atoms with van der Waals surface area (Å²) in [6.45, 7) is 9.73. The standard InChI is InChI=1S/C17H21Si.3CH3.Sn/c1-14(2)18(3,4)17-12-8-11-16(13-17)15-9-6-5-7-10-15;;;;/h5-9,11-14H,1-4H3;3*1H3;. The van der Waals surface area contributed by atoms with Crippen LogP contribution in [0, 0.1) is 0 Å². The van der Waals surface area contributed by atoms with Gasteiger partial charge in [-0.15, -0.1) is 0 Å². The third kappa shape index (κ3) is 3.68. The topological polar surface area (TPSA) is 0 Å². The zero-order valence-electron chi connectivity index (χ0n) is 15.2. The van der Waals surface area contributed by atoms with E-state index in [1.165, 1.54) is 11.1 Å². The molecule has 2 aromatic carbocycles. The SMILES string of the molecule is CC(C)[Si](C)(C)c1cccc(-c2cccc[c]2[Sn]([CH3])([CH3])[CH3])c1. The fourth-order valence-corrected chi connectivity index (χ4v) is 9.19. The van der Waals surface area contributed by atoms with Gasteiger partial charge in [0.1, 0.15) is 0 Å². The minimum atomic E-state index is -2.10. The molecule has 2 heteroatoms. The Morgan fingerprint density at radius 1 is 0.864 bits per heavy atom. The van der Waals surface area contributed by atoms with Crippen molar-refractivity contribution in [2.75, 3.05) is 0 Å². The molecular formula is C20H30SiSn. The number of hydrogen-bond donors (Lipinski definition) is 0. The third-order valence-corrected chi connectivity index (χ3v) is 15.6. The van der Waals surface area contributed by atoms with Gasteiger partial charge in [0.2, 0.25) is 0 Å².